The second-order valence-corrected chi connectivity index (χ2v) is 8.39. The van der Waals surface area contributed by atoms with Gasteiger partial charge in [-0.2, -0.15) is 0 Å². The molecule has 1 aromatic carbocycles. The number of hydrogen-bond acceptors (Lipinski definition) is 5. The Morgan fingerprint density at radius 1 is 1.22 bits per heavy atom. The molecular formula is C22H39NO4. The van der Waals surface area contributed by atoms with Gasteiger partial charge in [0.2, 0.25) is 0 Å². The van der Waals surface area contributed by atoms with E-state index in [0.29, 0.717) is 26.1 Å². The lowest BCUT2D eigenvalue weighted by molar-refractivity contribution is 0.0725. The minimum atomic E-state index is -0.543. The van der Waals surface area contributed by atoms with Crippen molar-refractivity contribution in [3.63, 3.8) is 0 Å². The fraction of sp³-hybridized carbons (Fsp3) is 0.727. The van der Waals surface area contributed by atoms with Crippen LogP contribution in [-0.4, -0.2) is 49.2 Å². The molecule has 0 saturated carbocycles. The summed E-state index contributed by atoms with van der Waals surface area (Å²) < 4.78 is 12.0. The Kier molecular flexibility index (Phi) is 10.9. The summed E-state index contributed by atoms with van der Waals surface area (Å²) >= 11 is 0. The van der Waals surface area contributed by atoms with Gasteiger partial charge in [-0.05, 0) is 48.9 Å². The van der Waals surface area contributed by atoms with Crippen molar-refractivity contribution in [3.8, 4) is 5.75 Å². The molecule has 5 heteroatoms. The van der Waals surface area contributed by atoms with E-state index < -0.39 is 6.10 Å². The lowest BCUT2D eigenvalue weighted by Gasteiger charge is -2.25. The van der Waals surface area contributed by atoms with Gasteiger partial charge < -0.3 is 25.0 Å². The molecule has 0 aliphatic heterocycles. The molecule has 0 aromatic heterocycles. The molecule has 27 heavy (non-hydrogen) atoms. The van der Waals surface area contributed by atoms with Gasteiger partial charge in [-0.25, -0.2) is 0 Å². The molecule has 2 unspecified atom stereocenters. The predicted molar refractivity (Wildman–Crippen MR) is 110 cm³/mol. The monoisotopic (exact) mass is 381 g/mol. The van der Waals surface area contributed by atoms with Gasteiger partial charge in [0.05, 0.1) is 19.3 Å². The molecule has 0 amide bonds. The molecule has 0 aliphatic rings. The van der Waals surface area contributed by atoms with E-state index in [9.17, 15) is 5.11 Å². The van der Waals surface area contributed by atoms with Crippen molar-refractivity contribution in [3.05, 3.63) is 29.3 Å². The van der Waals surface area contributed by atoms with Crippen LogP contribution in [0, 0.1) is 5.41 Å². The Labute approximate surface area is 165 Å². The third-order valence-electron chi connectivity index (χ3n) is 4.36. The van der Waals surface area contributed by atoms with Gasteiger partial charge >= 0.3 is 0 Å². The van der Waals surface area contributed by atoms with E-state index in [0.717, 1.165) is 30.7 Å². The maximum atomic E-state index is 10.0. The summed E-state index contributed by atoms with van der Waals surface area (Å²) in [5.41, 5.74) is 2.42. The first kappa shape index (κ1) is 23.9. The Bertz CT molecular complexity index is 528. The van der Waals surface area contributed by atoms with Crippen LogP contribution in [0.25, 0.3) is 0 Å². The van der Waals surface area contributed by atoms with Crippen LogP contribution in [0.3, 0.4) is 0 Å². The summed E-state index contributed by atoms with van der Waals surface area (Å²) in [7, 11) is 1.91. The Hall–Kier alpha value is -1.14. The molecular weight excluding hydrogens is 342 g/mol. The first-order valence-corrected chi connectivity index (χ1v) is 10.1. The van der Waals surface area contributed by atoms with Crippen LogP contribution in [0.5, 0.6) is 5.75 Å². The van der Waals surface area contributed by atoms with Crippen LogP contribution in [0.15, 0.2) is 18.2 Å². The van der Waals surface area contributed by atoms with Gasteiger partial charge in [-0.3, -0.25) is 0 Å². The van der Waals surface area contributed by atoms with Crippen molar-refractivity contribution < 1.29 is 19.7 Å². The number of aliphatic hydroxyl groups is 2. The predicted octanol–water partition coefficient (Wildman–Crippen LogP) is 3.30. The molecule has 2 atom stereocenters. The first-order valence-electron chi connectivity index (χ1n) is 10.1. The largest absolute Gasteiger partial charge is 0.490 e. The van der Waals surface area contributed by atoms with Crippen molar-refractivity contribution in [1.29, 1.82) is 0 Å². The van der Waals surface area contributed by atoms with E-state index in [1.165, 1.54) is 5.56 Å². The van der Waals surface area contributed by atoms with Gasteiger partial charge in [0.15, 0.2) is 0 Å². The summed E-state index contributed by atoms with van der Waals surface area (Å²) in [5, 5.41) is 22.1. The van der Waals surface area contributed by atoms with E-state index in [-0.39, 0.29) is 18.1 Å². The van der Waals surface area contributed by atoms with Crippen molar-refractivity contribution in [2.24, 2.45) is 5.41 Å². The fourth-order valence-electron chi connectivity index (χ4n) is 2.93. The fourth-order valence-corrected chi connectivity index (χ4v) is 2.93. The zero-order valence-electron chi connectivity index (χ0n) is 17.8. The molecule has 0 aliphatic carbocycles. The number of benzene rings is 1. The minimum Gasteiger partial charge on any atom is -0.490 e. The number of hydrogen-bond donors (Lipinski definition) is 3. The first-order chi connectivity index (χ1) is 12.8. The molecule has 3 N–H and O–H groups in total. The van der Waals surface area contributed by atoms with Gasteiger partial charge in [-0.1, -0.05) is 39.8 Å². The van der Waals surface area contributed by atoms with Crippen LogP contribution in [-0.2, 0) is 17.8 Å². The van der Waals surface area contributed by atoms with Crippen molar-refractivity contribution in [2.75, 3.05) is 26.8 Å². The maximum absolute atomic E-state index is 10.0. The van der Waals surface area contributed by atoms with Crippen LogP contribution in [0.1, 0.15) is 58.1 Å². The molecule has 0 bridgehead atoms. The molecule has 0 fully saturated rings. The minimum absolute atomic E-state index is 0.00762. The van der Waals surface area contributed by atoms with Gasteiger partial charge in [0.1, 0.15) is 11.9 Å². The summed E-state index contributed by atoms with van der Waals surface area (Å²) in [6.07, 6.45) is 2.01. The highest BCUT2D eigenvalue weighted by molar-refractivity contribution is 5.38. The molecule has 0 radical (unpaired) electrons. The van der Waals surface area contributed by atoms with E-state index in [1.54, 1.807) is 0 Å². The zero-order chi connectivity index (χ0) is 20.3. The number of rotatable bonds is 13. The van der Waals surface area contributed by atoms with Crippen molar-refractivity contribution in [1.82, 2.24) is 5.32 Å². The maximum Gasteiger partial charge on any atom is 0.123 e. The third kappa shape index (κ3) is 10.1. The van der Waals surface area contributed by atoms with Crippen LogP contribution < -0.4 is 10.1 Å². The zero-order valence-corrected chi connectivity index (χ0v) is 17.8. The highest BCUT2D eigenvalue weighted by atomic mass is 16.5. The Balaban J connectivity index is 2.91. The number of aliphatic hydroxyl groups excluding tert-OH is 2. The number of likely N-dealkylation sites (N-methyl/N-ethyl adjacent to an activating group) is 1. The Morgan fingerprint density at radius 2 is 1.96 bits per heavy atom. The number of nitrogens with one attached hydrogen (secondary N) is 1. The lowest BCUT2D eigenvalue weighted by atomic mass is 9.87. The molecule has 5 nitrogen and oxygen atoms in total. The molecule has 1 rings (SSSR count). The summed E-state index contributed by atoms with van der Waals surface area (Å²) in [6.45, 7) is 10.7. The van der Waals surface area contributed by atoms with Crippen LogP contribution in [0.2, 0.25) is 0 Å². The number of ether oxygens (including phenoxy) is 2. The summed E-state index contributed by atoms with van der Waals surface area (Å²) in [6, 6.07) is 6.31. The standard InChI is InChI=1S/C22H39NO4/c1-6-20(14-19(25)9-11-24)27-21-13-17(16-26-12-10-23-5)7-8-18(21)15-22(2,3)4/h7-8,13,19-20,23-25H,6,9-12,14-16H2,1-5H3. The average Bonchev–Trinajstić information content (AvgIpc) is 2.59. The molecule has 0 saturated heterocycles. The van der Waals surface area contributed by atoms with E-state index in [2.05, 4.69) is 51.2 Å². The third-order valence-corrected chi connectivity index (χ3v) is 4.36. The molecule has 1 aromatic rings. The second kappa shape index (κ2) is 12.3. The molecule has 0 heterocycles. The summed E-state index contributed by atoms with van der Waals surface area (Å²) in [5.74, 6) is 0.877. The van der Waals surface area contributed by atoms with Crippen molar-refractivity contribution >= 4 is 0 Å². The molecule has 156 valence electrons. The van der Waals surface area contributed by atoms with Crippen molar-refractivity contribution in [2.45, 2.75) is 72.2 Å². The van der Waals surface area contributed by atoms with Crippen LogP contribution >= 0.6 is 0 Å². The smallest absolute Gasteiger partial charge is 0.123 e. The van der Waals surface area contributed by atoms with E-state index >= 15 is 0 Å². The topological polar surface area (TPSA) is 71.0 Å². The van der Waals surface area contributed by atoms with Gasteiger partial charge in [0.25, 0.3) is 0 Å². The van der Waals surface area contributed by atoms with Gasteiger partial charge in [0, 0.05) is 19.6 Å². The normalized spacial score (nSPS) is 14.2. The SMILES string of the molecule is CCC(CC(O)CCO)Oc1cc(COCCNC)ccc1CC(C)(C)C. The van der Waals surface area contributed by atoms with E-state index in [1.807, 2.05) is 7.05 Å². The second-order valence-electron chi connectivity index (χ2n) is 8.39. The van der Waals surface area contributed by atoms with Crippen LogP contribution in [0.4, 0.5) is 0 Å². The van der Waals surface area contributed by atoms with E-state index in [4.69, 9.17) is 14.6 Å². The lowest BCUT2D eigenvalue weighted by Crippen LogP contribution is -2.24. The van der Waals surface area contributed by atoms with Gasteiger partial charge in [-0.15, -0.1) is 0 Å². The Morgan fingerprint density at radius 3 is 2.56 bits per heavy atom. The quantitative estimate of drug-likeness (QED) is 0.457. The highest BCUT2D eigenvalue weighted by Crippen LogP contribution is 2.30. The highest BCUT2D eigenvalue weighted by Gasteiger charge is 2.19. The summed E-state index contributed by atoms with van der Waals surface area (Å²) in [4.78, 5) is 0. The average molecular weight is 382 g/mol. The molecule has 0 spiro atoms.